The van der Waals surface area contributed by atoms with Gasteiger partial charge in [-0.3, -0.25) is 4.68 Å². The summed E-state index contributed by atoms with van der Waals surface area (Å²) in [6, 6.07) is 2.54. The van der Waals surface area contributed by atoms with Gasteiger partial charge in [0.15, 0.2) is 0 Å². The van der Waals surface area contributed by atoms with Crippen LogP contribution in [0.4, 0.5) is 0 Å². The summed E-state index contributed by atoms with van der Waals surface area (Å²) in [5.41, 5.74) is 2.46. The number of nitrogens with zero attached hydrogens (tertiary/aromatic N) is 2. The van der Waals surface area contributed by atoms with Crippen molar-refractivity contribution in [1.29, 1.82) is 0 Å². The normalized spacial score (nSPS) is 13.6. The molecule has 0 radical (unpaired) electrons. The number of aromatic nitrogens is 2. The molecule has 1 rings (SSSR count). The van der Waals surface area contributed by atoms with Crippen LogP contribution in [-0.2, 0) is 6.54 Å². The number of aryl methyl sites for hydroxylation is 1. The number of hydrogen-bond donors (Lipinski definition) is 1. The van der Waals surface area contributed by atoms with Crippen molar-refractivity contribution in [2.24, 2.45) is 0 Å². The maximum Gasteiger partial charge on any atom is 0.0794 e. The van der Waals surface area contributed by atoms with Gasteiger partial charge in [0.1, 0.15) is 0 Å². The van der Waals surface area contributed by atoms with Crippen LogP contribution >= 0.6 is 0 Å². The van der Waals surface area contributed by atoms with E-state index in [9.17, 15) is 0 Å². The fraction of sp³-hybridized carbons (Fsp3) is 0.727. The predicted molar refractivity (Wildman–Crippen MR) is 59.5 cm³/mol. The lowest BCUT2D eigenvalue weighted by atomic mass is 10.1. The highest BCUT2D eigenvalue weighted by atomic mass is 15.3. The Morgan fingerprint density at radius 3 is 2.43 bits per heavy atom. The first kappa shape index (κ1) is 11.2. The van der Waals surface area contributed by atoms with Crippen molar-refractivity contribution in [3.05, 3.63) is 17.5 Å². The second-order valence-electron chi connectivity index (χ2n) is 3.97. The van der Waals surface area contributed by atoms with Crippen molar-refractivity contribution in [3.8, 4) is 0 Å². The van der Waals surface area contributed by atoms with Crippen molar-refractivity contribution in [2.45, 2.75) is 46.2 Å². The molecule has 80 valence electrons. The van der Waals surface area contributed by atoms with Gasteiger partial charge >= 0.3 is 0 Å². The third-order valence-electron chi connectivity index (χ3n) is 2.60. The molecule has 1 aromatic heterocycles. The summed E-state index contributed by atoms with van der Waals surface area (Å²) >= 11 is 0. The van der Waals surface area contributed by atoms with Crippen molar-refractivity contribution < 1.29 is 0 Å². The highest BCUT2D eigenvalue weighted by Gasteiger charge is 2.13. The van der Waals surface area contributed by atoms with Gasteiger partial charge in [-0.05, 0) is 32.9 Å². The first-order chi connectivity index (χ1) is 6.60. The Morgan fingerprint density at radius 2 is 2.07 bits per heavy atom. The third kappa shape index (κ3) is 2.15. The smallest absolute Gasteiger partial charge is 0.0794 e. The van der Waals surface area contributed by atoms with Gasteiger partial charge in [0, 0.05) is 18.3 Å². The highest BCUT2D eigenvalue weighted by Crippen LogP contribution is 2.19. The Labute approximate surface area is 86.5 Å². The molecule has 0 aliphatic heterocycles. The lowest BCUT2D eigenvalue weighted by Gasteiger charge is -2.06. The molecule has 0 fully saturated rings. The second-order valence-corrected chi connectivity index (χ2v) is 3.97. The summed E-state index contributed by atoms with van der Waals surface area (Å²) in [4.78, 5) is 0. The fourth-order valence-corrected chi connectivity index (χ4v) is 1.53. The lowest BCUT2D eigenvalue weighted by Crippen LogP contribution is -2.13. The molecule has 1 heterocycles. The van der Waals surface area contributed by atoms with Gasteiger partial charge in [0.05, 0.1) is 5.69 Å². The molecule has 0 spiro atoms. The van der Waals surface area contributed by atoms with Crippen molar-refractivity contribution in [1.82, 2.24) is 15.1 Å². The highest BCUT2D eigenvalue weighted by molar-refractivity contribution is 5.16. The summed E-state index contributed by atoms with van der Waals surface area (Å²) in [7, 11) is 1.96. The van der Waals surface area contributed by atoms with Crippen LogP contribution in [0.15, 0.2) is 6.07 Å². The third-order valence-corrected chi connectivity index (χ3v) is 2.60. The first-order valence-corrected chi connectivity index (χ1v) is 5.35. The van der Waals surface area contributed by atoms with Gasteiger partial charge in [-0.15, -0.1) is 0 Å². The molecule has 0 saturated carbocycles. The minimum atomic E-state index is 0.334. The summed E-state index contributed by atoms with van der Waals surface area (Å²) in [5.74, 6) is 0.542. The largest absolute Gasteiger partial charge is 0.312 e. The van der Waals surface area contributed by atoms with Crippen molar-refractivity contribution in [3.63, 3.8) is 0 Å². The predicted octanol–water partition coefficient (Wildman–Crippen LogP) is 2.31. The second kappa shape index (κ2) is 4.60. The number of nitrogens with one attached hydrogen (secondary N) is 1. The zero-order chi connectivity index (χ0) is 10.7. The Balaban J connectivity index is 3.00. The van der Waals surface area contributed by atoms with E-state index in [1.165, 1.54) is 5.69 Å². The Kier molecular flexibility index (Phi) is 3.69. The molecule has 1 atom stereocenters. The molecular formula is C11H21N3. The van der Waals surface area contributed by atoms with Crippen LogP contribution in [0.1, 0.15) is 51.0 Å². The van der Waals surface area contributed by atoms with Gasteiger partial charge in [-0.1, -0.05) is 13.8 Å². The molecule has 14 heavy (non-hydrogen) atoms. The monoisotopic (exact) mass is 195 g/mol. The van der Waals surface area contributed by atoms with Crippen LogP contribution in [-0.4, -0.2) is 16.8 Å². The molecule has 0 bridgehead atoms. The minimum Gasteiger partial charge on any atom is -0.312 e. The van der Waals surface area contributed by atoms with Crippen molar-refractivity contribution >= 4 is 0 Å². The lowest BCUT2D eigenvalue weighted by molar-refractivity contribution is 0.566. The van der Waals surface area contributed by atoms with Gasteiger partial charge in [-0.25, -0.2) is 0 Å². The topological polar surface area (TPSA) is 29.9 Å². The Bertz CT molecular complexity index is 289. The summed E-state index contributed by atoms with van der Waals surface area (Å²) in [6.07, 6.45) is 0. The zero-order valence-corrected chi connectivity index (χ0v) is 9.83. The maximum absolute atomic E-state index is 4.57. The molecule has 0 amide bonds. The Hall–Kier alpha value is -0.830. The van der Waals surface area contributed by atoms with Gasteiger partial charge in [0.2, 0.25) is 0 Å². The van der Waals surface area contributed by atoms with E-state index < -0.39 is 0 Å². The van der Waals surface area contributed by atoms with E-state index in [0.29, 0.717) is 12.0 Å². The van der Waals surface area contributed by atoms with Crippen LogP contribution in [0, 0.1) is 0 Å². The standard InChI is InChI=1S/C11H21N3/c1-6-14-11(8(2)3)7-10(13-14)9(4)12-5/h7-9,12H,6H2,1-5H3. The summed E-state index contributed by atoms with van der Waals surface area (Å²) < 4.78 is 2.09. The average Bonchev–Trinajstić information content (AvgIpc) is 2.60. The SMILES string of the molecule is CCn1nc(C(C)NC)cc1C(C)C. The molecule has 0 saturated heterocycles. The number of rotatable bonds is 4. The van der Waals surface area contributed by atoms with E-state index in [4.69, 9.17) is 0 Å². The van der Waals surface area contributed by atoms with Crippen molar-refractivity contribution in [2.75, 3.05) is 7.05 Å². The minimum absolute atomic E-state index is 0.334. The zero-order valence-electron chi connectivity index (χ0n) is 9.83. The van der Waals surface area contributed by atoms with Gasteiger partial charge < -0.3 is 5.32 Å². The van der Waals surface area contributed by atoms with E-state index in [2.05, 4.69) is 48.9 Å². The maximum atomic E-state index is 4.57. The van der Waals surface area contributed by atoms with E-state index in [0.717, 1.165) is 12.2 Å². The van der Waals surface area contributed by atoms with Crippen LogP contribution in [0.5, 0.6) is 0 Å². The molecule has 1 unspecified atom stereocenters. The summed E-state index contributed by atoms with van der Waals surface area (Å²) in [6.45, 7) is 9.62. The molecule has 3 nitrogen and oxygen atoms in total. The van der Waals surface area contributed by atoms with Gasteiger partial charge in [-0.2, -0.15) is 5.10 Å². The molecule has 3 heteroatoms. The van der Waals surface area contributed by atoms with Gasteiger partial charge in [0.25, 0.3) is 0 Å². The molecule has 0 aliphatic rings. The van der Waals surface area contributed by atoms with E-state index >= 15 is 0 Å². The fourth-order valence-electron chi connectivity index (χ4n) is 1.53. The van der Waals surface area contributed by atoms with Crippen LogP contribution in [0.25, 0.3) is 0 Å². The molecule has 1 aromatic rings. The first-order valence-electron chi connectivity index (χ1n) is 5.35. The van der Waals surface area contributed by atoms with Crippen LogP contribution < -0.4 is 5.32 Å². The quantitative estimate of drug-likeness (QED) is 0.799. The molecular weight excluding hydrogens is 174 g/mol. The van der Waals surface area contributed by atoms with E-state index in [1.54, 1.807) is 0 Å². The summed E-state index contributed by atoms with van der Waals surface area (Å²) in [5, 5.41) is 7.78. The van der Waals surface area contributed by atoms with Crippen LogP contribution in [0.2, 0.25) is 0 Å². The van der Waals surface area contributed by atoms with E-state index in [1.807, 2.05) is 7.05 Å². The molecule has 1 N–H and O–H groups in total. The average molecular weight is 195 g/mol. The molecule has 0 aliphatic carbocycles. The molecule has 0 aromatic carbocycles. The number of hydrogen-bond acceptors (Lipinski definition) is 2. The Morgan fingerprint density at radius 1 is 1.43 bits per heavy atom. The van der Waals surface area contributed by atoms with E-state index in [-0.39, 0.29) is 0 Å². The van der Waals surface area contributed by atoms with Crippen LogP contribution in [0.3, 0.4) is 0 Å².